The Kier molecular flexibility index (Phi) is 13.6. The lowest BCUT2D eigenvalue weighted by Crippen LogP contribution is -2.54. The summed E-state index contributed by atoms with van der Waals surface area (Å²) in [7, 11) is 0. The van der Waals surface area contributed by atoms with Crippen LogP contribution in [0.4, 0.5) is 0 Å². The molecule has 2 amide bonds. The molecule has 0 saturated heterocycles. The van der Waals surface area contributed by atoms with E-state index in [-0.39, 0.29) is 11.9 Å². The fourth-order valence-corrected chi connectivity index (χ4v) is 2.52. The summed E-state index contributed by atoms with van der Waals surface area (Å²) in [5.74, 6) is -0.834. The van der Waals surface area contributed by atoms with E-state index in [1.165, 1.54) is 0 Å². The van der Waals surface area contributed by atoms with Crippen molar-refractivity contribution < 1.29 is 14.4 Å². The lowest BCUT2D eigenvalue weighted by atomic mass is 9.99. The Hall–Kier alpha value is -2.20. The molecule has 0 unspecified atom stereocenters. The van der Waals surface area contributed by atoms with E-state index >= 15 is 0 Å². The van der Waals surface area contributed by atoms with Crippen LogP contribution in [0, 0.1) is 5.92 Å². The number of nitrogens with zero attached hydrogens (tertiary/aromatic N) is 1. The Morgan fingerprint density at radius 2 is 1.75 bits per heavy atom. The van der Waals surface area contributed by atoms with Crippen LogP contribution in [0.25, 0.3) is 0 Å². The number of hydrogen-bond donors (Lipinski definition) is 6. The van der Waals surface area contributed by atoms with Crippen molar-refractivity contribution >= 4 is 24.1 Å². The molecule has 0 aromatic carbocycles. The maximum absolute atomic E-state index is 12.6. The first-order valence-corrected chi connectivity index (χ1v) is 9.83. The maximum atomic E-state index is 12.6. The number of hydrogen-bond acceptors (Lipinski definition) is 6. The second kappa shape index (κ2) is 14.8. The summed E-state index contributed by atoms with van der Waals surface area (Å²) < 4.78 is 0. The highest BCUT2D eigenvalue weighted by Crippen LogP contribution is 2.08. The first kappa shape index (κ1) is 25.8. The summed E-state index contributed by atoms with van der Waals surface area (Å²) in [6.07, 6.45) is 4.20. The number of guanidine groups is 1. The Bertz CT molecular complexity index is 509. The van der Waals surface area contributed by atoms with E-state index in [0.717, 1.165) is 19.1 Å². The number of nitrogens with two attached hydrogens (primary N) is 4. The standard InChI is InChI=1S/C18H37N7O3/c1-3-12(2)15(11-26)25-17(28)14(8-4-5-9-19)24-16(27)13(20)7-6-10-23-18(21)22/h11-15H,3-10,19-20H2,1-2H3,(H,24,27)(H,25,28)(H4,21,22,23)/t12-,13-,14-,15+/m0/s1. The molecule has 0 radical (unpaired) electrons. The van der Waals surface area contributed by atoms with Gasteiger partial charge in [-0.1, -0.05) is 20.3 Å². The molecule has 28 heavy (non-hydrogen) atoms. The van der Waals surface area contributed by atoms with Crippen molar-refractivity contribution in [3.8, 4) is 0 Å². The van der Waals surface area contributed by atoms with E-state index in [2.05, 4.69) is 15.6 Å². The van der Waals surface area contributed by atoms with Crippen LogP contribution in [0.5, 0.6) is 0 Å². The second-order valence-electron chi connectivity index (χ2n) is 6.96. The molecule has 0 aromatic heterocycles. The van der Waals surface area contributed by atoms with Crippen molar-refractivity contribution in [1.82, 2.24) is 10.6 Å². The van der Waals surface area contributed by atoms with E-state index in [4.69, 9.17) is 22.9 Å². The summed E-state index contributed by atoms with van der Waals surface area (Å²) in [5, 5.41) is 5.41. The predicted molar refractivity (Wildman–Crippen MR) is 110 cm³/mol. The Morgan fingerprint density at radius 1 is 1.07 bits per heavy atom. The lowest BCUT2D eigenvalue weighted by Gasteiger charge is -2.24. The van der Waals surface area contributed by atoms with Crippen LogP contribution in [0.1, 0.15) is 52.4 Å². The molecule has 10 heteroatoms. The van der Waals surface area contributed by atoms with Crippen LogP contribution in [-0.4, -0.2) is 55.3 Å². The summed E-state index contributed by atoms with van der Waals surface area (Å²) in [4.78, 5) is 40.1. The fourth-order valence-electron chi connectivity index (χ4n) is 2.52. The number of rotatable bonds is 15. The van der Waals surface area contributed by atoms with Gasteiger partial charge < -0.3 is 38.4 Å². The van der Waals surface area contributed by atoms with Gasteiger partial charge in [-0.3, -0.25) is 14.6 Å². The minimum absolute atomic E-state index is 0.000337. The highest BCUT2D eigenvalue weighted by Gasteiger charge is 2.26. The zero-order chi connectivity index (χ0) is 21.5. The zero-order valence-corrected chi connectivity index (χ0v) is 17.0. The van der Waals surface area contributed by atoms with Crippen LogP contribution in [0.2, 0.25) is 0 Å². The molecule has 0 bridgehead atoms. The van der Waals surface area contributed by atoms with Gasteiger partial charge in [0.15, 0.2) is 5.96 Å². The lowest BCUT2D eigenvalue weighted by molar-refractivity contribution is -0.131. The van der Waals surface area contributed by atoms with Gasteiger partial charge in [-0.25, -0.2) is 0 Å². The van der Waals surface area contributed by atoms with Gasteiger partial charge in [0, 0.05) is 6.54 Å². The third kappa shape index (κ3) is 10.8. The zero-order valence-electron chi connectivity index (χ0n) is 17.0. The first-order chi connectivity index (χ1) is 13.3. The Morgan fingerprint density at radius 3 is 2.29 bits per heavy atom. The molecule has 4 atom stereocenters. The average Bonchev–Trinajstić information content (AvgIpc) is 2.67. The molecular weight excluding hydrogens is 362 g/mol. The van der Waals surface area contributed by atoms with Gasteiger partial charge in [-0.2, -0.15) is 0 Å². The predicted octanol–water partition coefficient (Wildman–Crippen LogP) is -1.29. The molecule has 0 fully saturated rings. The fraction of sp³-hybridized carbons (Fsp3) is 0.778. The van der Waals surface area contributed by atoms with Crippen LogP contribution in [0.3, 0.4) is 0 Å². The average molecular weight is 400 g/mol. The van der Waals surface area contributed by atoms with Crippen LogP contribution in [-0.2, 0) is 14.4 Å². The van der Waals surface area contributed by atoms with Crippen molar-refractivity contribution in [3.05, 3.63) is 0 Å². The molecule has 0 aliphatic heterocycles. The SMILES string of the molecule is CC[C@H](C)[C@@H](C=O)NC(=O)[C@H](CCCCN)NC(=O)[C@@H](N)CCCN=C(N)N. The smallest absolute Gasteiger partial charge is 0.243 e. The quantitative estimate of drug-likeness (QED) is 0.0853. The van der Waals surface area contributed by atoms with Crippen molar-refractivity contribution in [2.45, 2.75) is 70.5 Å². The van der Waals surface area contributed by atoms with Gasteiger partial charge in [0.25, 0.3) is 0 Å². The van der Waals surface area contributed by atoms with Crippen molar-refractivity contribution in [2.75, 3.05) is 13.1 Å². The van der Waals surface area contributed by atoms with Crippen LogP contribution in [0.15, 0.2) is 4.99 Å². The molecule has 0 aliphatic carbocycles. The minimum atomic E-state index is -0.782. The molecule has 0 spiro atoms. The molecule has 162 valence electrons. The number of amides is 2. The number of aldehydes is 1. The first-order valence-electron chi connectivity index (χ1n) is 9.83. The number of nitrogens with one attached hydrogen (secondary N) is 2. The molecule has 0 aliphatic rings. The summed E-state index contributed by atoms with van der Waals surface area (Å²) >= 11 is 0. The van der Waals surface area contributed by atoms with E-state index in [1.807, 2.05) is 13.8 Å². The van der Waals surface area contributed by atoms with E-state index in [0.29, 0.717) is 38.8 Å². The maximum Gasteiger partial charge on any atom is 0.243 e. The normalized spacial score (nSPS) is 15.0. The molecule has 0 aromatic rings. The van der Waals surface area contributed by atoms with Crippen LogP contribution < -0.4 is 33.6 Å². The second-order valence-corrected chi connectivity index (χ2v) is 6.96. The summed E-state index contributed by atoms with van der Waals surface area (Å²) in [6, 6.07) is -2.15. The van der Waals surface area contributed by atoms with Gasteiger partial charge in [-0.05, 0) is 44.6 Å². The van der Waals surface area contributed by atoms with Crippen molar-refractivity contribution in [1.29, 1.82) is 0 Å². The monoisotopic (exact) mass is 399 g/mol. The van der Waals surface area contributed by atoms with E-state index < -0.39 is 29.9 Å². The molecule has 0 rings (SSSR count). The third-order valence-corrected chi connectivity index (χ3v) is 4.60. The van der Waals surface area contributed by atoms with E-state index in [9.17, 15) is 14.4 Å². The molecule has 0 saturated carbocycles. The summed E-state index contributed by atoms with van der Waals surface area (Å²) in [6.45, 7) is 4.69. The third-order valence-electron chi connectivity index (χ3n) is 4.60. The number of unbranched alkanes of at least 4 members (excludes halogenated alkanes) is 1. The largest absolute Gasteiger partial charge is 0.370 e. The topological polar surface area (TPSA) is 192 Å². The van der Waals surface area contributed by atoms with Crippen molar-refractivity contribution in [3.63, 3.8) is 0 Å². The number of aliphatic imine (C=N–C) groups is 1. The highest BCUT2D eigenvalue weighted by molar-refractivity contribution is 5.90. The van der Waals surface area contributed by atoms with Crippen LogP contribution >= 0.6 is 0 Å². The molecule has 10 nitrogen and oxygen atoms in total. The Labute approximate surface area is 167 Å². The molecule has 10 N–H and O–H groups in total. The van der Waals surface area contributed by atoms with Crippen molar-refractivity contribution in [2.24, 2.45) is 33.8 Å². The Balaban J connectivity index is 4.84. The number of carbonyl (C=O) groups is 3. The van der Waals surface area contributed by atoms with Gasteiger partial charge in [0.05, 0.1) is 12.1 Å². The summed E-state index contributed by atoms with van der Waals surface area (Å²) in [5.41, 5.74) is 21.9. The number of carbonyl (C=O) groups excluding carboxylic acids is 3. The van der Waals surface area contributed by atoms with Gasteiger partial charge in [-0.15, -0.1) is 0 Å². The van der Waals surface area contributed by atoms with Gasteiger partial charge >= 0.3 is 0 Å². The minimum Gasteiger partial charge on any atom is -0.370 e. The molecular formula is C18H37N7O3. The van der Waals surface area contributed by atoms with Gasteiger partial charge in [0.1, 0.15) is 12.3 Å². The molecule has 0 heterocycles. The highest BCUT2D eigenvalue weighted by atomic mass is 16.2. The van der Waals surface area contributed by atoms with Gasteiger partial charge in [0.2, 0.25) is 11.8 Å². The van der Waals surface area contributed by atoms with E-state index in [1.54, 1.807) is 0 Å².